The van der Waals surface area contributed by atoms with Crippen molar-refractivity contribution in [2.75, 3.05) is 0 Å². The minimum absolute atomic E-state index is 0.154. The van der Waals surface area contributed by atoms with Crippen molar-refractivity contribution in [3.63, 3.8) is 0 Å². The minimum Gasteiger partial charge on any atom is -0.392 e. The van der Waals surface area contributed by atoms with E-state index in [1.54, 1.807) is 0 Å². The summed E-state index contributed by atoms with van der Waals surface area (Å²) < 4.78 is 0. The Morgan fingerprint density at radius 3 is 2.88 bits per heavy atom. The molecular formula is C14H21NO. The molecule has 0 heterocycles. The number of aliphatic hydroxyl groups is 1. The minimum atomic E-state index is -0.154. The molecule has 1 fully saturated rings. The maximum Gasteiger partial charge on any atom is 0.0693 e. The highest BCUT2D eigenvalue weighted by Crippen LogP contribution is 2.18. The van der Waals surface area contributed by atoms with Crippen LogP contribution in [0, 0.1) is 6.92 Å². The number of nitrogens with one attached hydrogen (secondary N) is 1. The molecule has 1 aromatic rings. The summed E-state index contributed by atoms with van der Waals surface area (Å²) in [7, 11) is 0. The van der Waals surface area contributed by atoms with Gasteiger partial charge in [-0.15, -0.1) is 0 Å². The van der Waals surface area contributed by atoms with Gasteiger partial charge in [-0.2, -0.15) is 0 Å². The molecule has 0 radical (unpaired) electrons. The second kappa shape index (κ2) is 5.46. The van der Waals surface area contributed by atoms with Crippen LogP contribution in [0.5, 0.6) is 0 Å². The van der Waals surface area contributed by atoms with E-state index in [1.165, 1.54) is 24.0 Å². The zero-order chi connectivity index (χ0) is 11.4. The van der Waals surface area contributed by atoms with Crippen molar-refractivity contribution in [1.82, 2.24) is 5.32 Å². The molecule has 0 aromatic heterocycles. The highest BCUT2D eigenvalue weighted by atomic mass is 16.3. The molecule has 2 rings (SSSR count). The number of benzene rings is 1. The molecule has 2 N–H and O–H groups in total. The summed E-state index contributed by atoms with van der Waals surface area (Å²) in [6.07, 6.45) is 4.31. The molecule has 0 amide bonds. The largest absolute Gasteiger partial charge is 0.392 e. The second-order valence-corrected chi connectivity index (χ2v) is 4.83. The van der Waals surface area contributed by atoms with Gasteiger partial charge in [-0.1, -0.05) is 42.7 Å². The van der Waals surface area contributed by atoms with Gasteiger partial charge < -0.3 is 10.4 Å². The van der Waals surface area contributed by atoms with Gasteiger partial charge in [0.15, 0.2) is 0 Å². The molecular weight excluding hydrogens is 198 g/mol. The van der Waals surface area contributed by atoms with Gasteiger partial charge in [0, 0.05) is 12.6 Å². The van der Waals surface area contributed by atoms with Crippen LogP contribution in [0.25, 0.3) is 0 Å². The quantitative estimate of drug-likeness (QED) is 0.818. The van der Waals surface area contributed by atoms with E-state index in [0.717, 1.165) is 19.4 Å². The summed E-state index contributed by atoms with van der Waals surface area (Å²) in [4.78, 5) is 0. The van der Waals surface area contributed by atoms with Gasteiger partial charge in [-0.25, -0.2) is 0 Å². The average Bonchev–Trinajstić information content (AvgIpc) is 2.28. The first-order chi connectivity index (χ1) is 7.75. The first-order valence-corrected chi connectivity index (χ1v) is 6.23. The summed E-state index contributed by atoms with van der Waals surface area (Å²) >= 11 is 0. The number of rotatable bonds is 3. The third kappa shape index (κ3) is 3.06. The van der Waals surface area contributed by atoms with Gasteiger partial charge in [0.2, 0.25) is 0 Å². The van der Waals surface area contributed by atoms with Gasteiger partial charge in [-0.05, 0) is 25.3 Å². The van der Waals surface area contributed by atoms with Crippen molar-refractivity contribution in [2.24, 2.45) is 0 Å². The van der Waals surface area contributed by atoms with Crippen molar-refractivity contribution >= 4 is 0 Å². The highest BCUT2D eigenvalue weighted by Gasteiger charge is 2.21. The molecule has 2 unspecified atom stereocenters. The Balaban J connectivity index is 1.86. The van der Waals surface area contributed by atoms with Gasteiger partial charge in [-0.3, -0.25) is 0 Å². The van der Waals surface area contributed by atoms with E-state index in [2.05, 4.69) is 36.5 Å². The lowest BCUT2D eigenvalue weighted by molar-refractivity contribution is 0.0902. The van der Waals surface area contributed by atoms with E-state index in [-0.39, 0.29) is 12.1 Å². The highest BCUT2D eigenvalue weighted by molar-refractivity contribution is 5.22. The smallest absolute Gasteiger partial charge is 0.0693 e. The second-order valence-electron chi connectivity index (χ2n) is 4.83. The van der Waals surface area contributed by atoms with E-state index >= 15 is 0 Å². The predicted octanol–water partition coefficient (Wildman–Crippen LogP) is 2.39. The van der Waals surface area contributed by atoms with Crippen LogP contribution < -0.4 is 5.32 Å². The van der Waals surface area contributed by atoms with E-state index < -0.39 is 0 Å². The first-order valence-electron chi connectivity index (χ1n) is 6.23. The molecule has 1 aliphatic rings. The SMILES string of the molecule is Cc1cccc(CNC2CCCCC2O)c1. The fourth-order valence-electron chi connectivity index (χ4n) is 2.42. The Morgan fingerprint density at radius 2 is 2.12 bits per heavy atom. The molecule has 1 saturated carbocycles. The van der Waals surface area contributed by atoms with Crippen molar-refractivity contribution in [2.45, 2.75) is 51.3 Å². The lowest BCUT2D eigenvalue weighted by atomic mass is 9.92. The third-order valence-electron chi connectivity index (χ3n) is 3.38. The zero-order valence-corrected chi connectivity index (χ0v) is 9.95. The summed E-state index contributed by atoms with van der Waals surface area (Å²) in [6.45, 7) is 2.97. The number of aryl methyl sites for hydroxylation is 1. The van der Waals surface area contributed by atoms with Crippen LogP contribution in [-0.4, -0.2) is 17.3 Å². The average molecular weight is 219 g/mol. The van der Waals surface area contributed by atoms with Crippen LogP contribution in [0.4, 0.5) is 0 Å². The molecule has 2 nitrogen and oxygen atoms in total. The van der Waals surface area contributed by atoms with E-state index in [9.17, 15) is 5.11 Å². The third-order valence-corrected chi connectivity index (χ3v) is 3.38. The van der Waals surface area contributed by atoms with Crippen LogP contribution in [0.15, 0.2) is 24.3 Å². The molecule has 2 heteroatoms. The van der Waals surface area contributed by atoms with Crippen molar-refractivity contribution < 1.29 is 5.11 Å². The van der Waals surface area contributed by atoms with Crippen molar-refractivity contribution in [1.29, 1.82) is 0 Å². The standard InChI is InChI=1S/C14H21NO/c1-11-5-4-6-12(9-11)10-15-13-7-2-3-8-14(13)16/h4-6,9,13-16H,2-3,7-8,10H2,1H3. The molecule has 2 atom stereocenters. The van der Waals surface area contributed by atoms with E-state index in [4.69, 9.17) is 0 Å². The maximum absolute atomic E-state index is 9.84. The lowest BCUT2D eigenvalue weighted by Gasteiger charge is -2.28. The van der Waals surface area contributed by atoms with Gasteiger partial charge in [0.1, 0.15) is 0 Å². The molecule has 88 valence electrons. The Kier molecular flexibility index (Phi) is 3.97. The van der Waals surface area contributed by atoms with Gasteiger partial charge in [0.25, 0.3) is 0 Å². The fourth-order valence-corrected chi connectivity index (χ4v) is 2.42. The van der Waals surface area contributed by atoms with Crippen LogP contribution in [0.3, 0.4) is 0 Å². The fraction of sp³-hybridized carbons (Fsp3) is 0.571. The maximum atomic E-state index is 9.84. The summed E-state index contributed by atoms with van der Waals surface area (Å²) in [5.41, 5.74) is 2.60. The Labute approximate surface area is 97.7 Å². The molecule has 0 saturated heterocycles. The topological polar surface area (TPSA) is 32.3 Å². The molecule has 1 aliphatic carbocycles. The summed E-state index contributed by atoms with van der Waals surface area (Å²) in [6, 6.07) is 8.81. The van der Waals surface area contributed by atoms with Crippen LogP contribution in [0.1, 0.15) is 36.8 Å². The molecule has 0 bridgehead atoms. The Bertz CT molecular complexity index is 337. The van der Waals surface area contributed by atoms with Crippen LogP contribution >= 0.6 is 0 Å². The van der Waals surface area contributed by atoms with E-state index in [1.807, 2.05) is 0 Å². The van der Waals surface area contributed by atoms with Crippen LogP contribution in [0.2, 0.25) is 0 Å². The number of hydrogen-bond donors (Lipinski definition) is 2. The van der Waals surface area contributed by atoms with Gasteiger partial charge >= 0.3 is 0 Å². The first kappa shape index (κ1) is 11.6. The predicted molar refractivity (Wildman–Crippen MR) is 66.3 cm³/mol. The molecule has 0 aliphatic heterocycles. The lowest BCUT2D eigenvalue weighted by Crippen LogP contribution is -2.41. The number of aliphatic hydroxyl groups excluding tert-OH is 1. The normalized spacial score (nSPS) is 25.6. The van der Waals surface area contributed by atoms with Crippen molar-refractivity contribution in [3.8, 4) is 0 Å². The summed E-state index contributed by atoms with van der Waals surface area (Å²) in [5.74, 6) is 0. The summed E-state index contributed by atoms with van der Waals surface area (Å²) in [5, 5.41) is 13.3. The Morgan fingerprint density at radius 1 is 1.31 bits per heavy atom. The van der Waals surface area contributed by atoms with E-state index in [0.29, 0.717) is 0 Å². The molecule has 0 spiro atoms. The van der Waals surface area contributed by atoms with Crippen molar-refractivity contribution in [3.05, 3.63) is 35.4 Å². The molecule has 1 aromatic carbocycles. The number of hydrogen-bond acceptors (Lipinski definition) is 2. The van der Waals surface area contributed by atoms with Crippen LogP contribution in [-0.2, 0) is 6.54 Å². The zero-order valence-electron chi connectivity index (χ0n) is 9.95. The monoisotopic (exact) mass is 219 g/mol. The van der Waals surface area contributed by atoms with Gasteiger partial charge in [0.05, 0.1) is 6.10 Å². The molecule has 16 heavy (non-hydrogen) atoms. The Hall–Kier alpha value is -0.860.